The first-order chi connectivity index (χ1) is 11.6. The van der Waals surface area contributed by atoms with Crippen molar-refractivity contribution in [3.8, 4) is 11.3 Å². The maximum atomic E-state index is 12.0. The molecule has 6 nitrogen and oxygen atoms in total. The summed E-state index contributed by atoms with van der Waals surface area (Å²) in [5.74, 6) is 0.469. The number of likely N-dealkylation sites (tertiary alicyclic amines) is 1. The molecule has 0 spiro atoms. The van der Waals surface area contributed by atoms with E-state index in [4.69, 9.17) is 16.1 Å². The van der Waals surface area contributed by atoms with Crippen LogP contribution in [0.5, 0.6) is 0 Å². The molecule has 1 aliphatic rings. The lowest BCUT2D eigenvalue weighted by atomic mass is 10.1. The van der Waals surface area contributed by atoms with Crippen molar-refractivity contribution in [2.45, 2.75) is 25.5 Å². The van der Waals surface area contributed by atoms with Gasteiger partial charge in [0.15, 0.2) is 5.76 Å². The lowest BCUT2D eigenvalue weighted by Gasteiger charge is -2.29. The molecule has 1 aliphatic heterocycles. The number of carbonyl (C=O) groups is 1. The zero-order valence-corrected chi connectivity index (χ0v) is 14.0. The van der Waals surface area contributed by atoms with E-state index >= 15 is 0 Å². The van der Waals surface area contributed by atoms with E-state index in [1.54, 1.807) is 12.1 Å². The molecule has 2 heterocycles. The topological polar surface area (TPSA) is 78.6 Å². The van der Waals surface area contributed by atoms with Crippen LogP contribution >= 0.6 is 11.6 Å². The highest BCUT2D eigenvalue weighted by Crippen LogP contribution is 2.26. The third-order valence-corrected chi connectivity index (χ3v) is 4.35. The summed E-state index contributed by atoms with van der Waals surface area (Å²) in [6, 6.07) is 9.16. The van der Waals surface area contributed by atoms with E-state index in [0.717, 1.165) is 24.9 Å². The summed E-state index contributed by atoms with van der Waals surface area (Å²) in [6.45, 7) is 1.94. The van der Waals surface area contributed by atoms with E-state index in [1.807, 2.05) is 23.1 Å². The van der Waals surface area contributed by atoms with E-state index in [9.17, 15) is 9.90 Å². The number of carbonyl (C=O) groups excluding carboxylic acids is 1. The Morgan fingerprint density at radius 3 is 3.08 bits per heavy atom. The van der Waals surface area contributed by atoms with Crippen molar-refractivity contribution >= 4 is 17.5 Å². The average Bonchev–Trinajstić information content (AvgIpc) is 3.02. The first-order valence-corrected chi connectivity index (χ1v) is 8.37. The van der Waals surface area contributed by atoms with Crippen LogP contribution in [0.2, 0.25) is 5.02 Å². The molecule has 0 saturated carbocycles. The van der Waals surface area contributed by atoms with Gasteiger partial charge in [-0.25, -0.2) is 0 Å². The number of hydrogen-bond acceptors (Lipinski definition) is 5. The Balaban J connectivity index is 1.52. The zero-order valence-electron chi connectivity index (χ0n) is 13.2. The summed E-state index contributed by atoms with van der Waals surface area (Å²) in [4.78, 5) is 14.0. The lowest BCUT2D eigenvalue weighted by Crippen LogP contribution is -2.44. The van der Waals surface area contributed by atoms with Gasteiger partial charge in [0.2, 0.25) is 5.91 Å². The third kappa shape index (κ3) is 4.35. The zero-order chi connectivity index (χ0) is 16.9. The minimum atomic E-state index is -0.334. The van der Waals surface area contributed by atoms with Crippen LogP contribution < -0.4 is 5.32 Å². The van der Waals surface area contributed by atoms with Crippen molar-refractivity contribution in [2.75, 3.05) is 19.6 Å². The molecule has 24 heavy (non-hydrogen) atoms. The maximum absolute atomic E-state index is 12.0. The number of aliphatic hydroxyl groups is 1. The highest BCUT2D eigenvalue weighted by Gasteiger charge is 2.19. The predicted molar refractivity (Wildman–Crippen MR) is 90.5 cm³/mol. The number of hydrogen-bond donors (Lipinski definition) is 2. The van der Waals surface area contributed by atoms with Crippen molar-refractivity contribution in [3.63, 3.8) is 0 Å². The van der Waals surface area contributed by atoms with Gasteiger partial charge in [-0.1, -0.05) is 35.0 Å². The van der Waals surface area contributed by atoms with Crippen LogP contribution in [0.1, 0.15) is 18.6 Å². The summed E-state index contributed by atoms with van der Waals surface area (Å²) >= 11 is 6.14. The minimum absolute atomic E-state index is 0.0974. The van der Waals surface area contributed by atoms with Crippen LogP contribution in [0.4, 0.5) is 0 Å². The second-order valence-electron chi connectivity index (χ2n) is 5.97. The molecule has 0 aliphatic carbocycles. The van der Waals surface area contributed by atoms with Crippen molar-refractivity contribution in [3.05, 3.63) is 41.1 Å². The third-order valence-electron chi connectivity index (χ3n) is 4.02. The highest BCUT2D eigenvalue weighted by atomic mass is 35.5. The number of nitrogens with zero attached hydrogens (tertiary/aromatic N) is 2. The minimum Gasteiger partial charge on any atom is -0.392 e. The normalized spacial score (nSPS) is 18.5. The molecule has 1 atom stereocenters. The van der Waals surface area contributed by atoms with E-state index in [2.05, 4.69) is 10.5 Å². The number of rotatable bonds is 5. The summed E-state index contributed by atoms with van der Waals surface area (Å²) in [6.07, 6.45) is 1.39. The van der Waals surface area contributed by atoms with Crippen molar-refractivity contribution < 1.29 is 14.4 Å². The molecule has 1 fully saturated rings. The standard InChI is InChI=1S/C17H20ClN3O3/c18-15-6-2-1-5-14(15)16-8-13(24-20-16)9-19-17(23)11-21-7-3-4-12(22)10-21/h1-2,5-6,8,12,22H,3-4,7,9-11H2,(H,19,23). The average molecular weight is 350 g/mol. The van der Waals surface area contributed by atoms with Crippen LogP contribution in [0.25, 0.3) is 11.3 Å². The fourth-order valence-corrected chi connectivity index (χ4v) is 3.04. The molecule has 2 N–H and O–H groups in total. The Kier molecular flexibility index (Phi) is 5.50. The number of piperidine rings is 1. The van der Waals surface area contributed by atoms with Gasteiger partial charge in [0.25, 0.3) is 0 Å². The second kappa shape index (κ2) is 7.79. The van der Waals surface area contributed by atoms with Crippen molar-refractivity contribution in [1.82, 2.24) is 15.4 Å². The van der Waals surface area contributed by atoms with Crippen molar-refractivity contribution in [1.29, 1.82) is 0 Å². The fraction of sp³-hybridized carbons (Fsp3) is 0.412. The Morgan fingerprint density at radius 2 is 2.29 bits per heavy atom. The number of β-amino-alcohol motifs (C(OH)–C–C–N with tert-alkyl or cyclic N) is 1. The summed E-state index contributed by atoms with van der Waals surface area (Å²) in [7, 11) is 0. The van der Waals surface area contributed by atoms with E-state index in [-0.39, 0.29) is 25.1 Å². The Labute approximate surface area is 145 Å². The molecule has 1 aromatic heterocycles. The van der Waals surface area contributed by atoms with Crippen molar-refractivity contribution in [2.24, 2.45) is 0 Å². The molecule has 128 valence electrons. The molecule has 1 unspecified atom stereocenters. The van der Waals surface area contributed by atoms with Crippen LogP contribution in [-0.2, 0) is 11.3 Å². The quantitative estimate of drug-likeness (QED) is 0.864. The second-order valence-corrected chi connectivity index (χ2v) is 6.37. The molecule has 1 aromatic carbocycles. The number of benzene rings is 1. The van der Waals surface area contributed by atoms with Crippen LogP contribution in [0, 0.1) is 0 Å². The number of halogens is 1. The molecule has 1 saturated heterocycles. The summed E-state index contributed by atoms with van der Waals surface area (Å²) in [5, 5.41) is 17.0. The van der Waals surface area contributed by atoms with Gasteiger partial charge in [-0.05, 0) is 25.5 Å². The molecule has 3 rings (SSSR count). The largest absolute Gasteiger partial charge is 0.392 e. The van der Waals surface area contributed by atoms with Gasteiger partial charge in [-0.2, -0.15) is 0 Å². The highest BCUT2D eigenvalue weighted by molar-refractivity contribution is 6.33. The number of nitrogens with one attached hydrogen (secondary N) is 1. The van der Waals surface area contributed by atoms with Crippen LogP contribution in [0.3, 0.4) is 0 Å². The number of aromatic nitrogens is 1. The van der Waals surface area contributed by atoms with Gasteiger partial charge in [-0.15, -0.1) is 0 Å². The van der Waals surface area contributed by atoms with E-state index in [1.165, 1.54) is 0 Å². The van der Waals surface area contributed by atoms with Gasteiger partial charge >= 0.3 is 0 Å². The number of aliphatic hydroxyl groups excluding tert-OH is 1. The van der Waals surface area contributed by atoms with E-state index < -0.39 is 0 Å². The first-order valence-electron chi connectivity index (χ1n) is 7.99. The lowest BCUT2D eigenvalue weighted by molar-refractivity contribution is -0.123. The first kappa shape index (κ1) is 17.0. The van der Waals surface area contributed by atoms with Gasteiger partial charge < -0.3 is 14.9 Å². The molecule has 0 radical (unpaired) electrons. The molecular weight excluding hydrogens is 330 g/mol. The van der Waals surface area contributed by atoms with Crippen LogP contribution in [0.15, 0.2) is 34.9 Å². The SMILES string of the molecule is O=C(CN1CCCC(O)C1)NCc1cc(-c2ccccc2Cl)no1. The smallest absolute Gasteiger partial charge is 0.234 e. The molecule has 2 aromatic rings. The van der Waals surface area contributed by atoms with E-state index in [0.29, 0.717) is 23.0 Å². The summed E-state index contributed by atoms with van der Waals surface area (Å²) in [5.41, 5.74) is 1.44. The predicted octanol–water partition coefficient (Wildman–Crippen LogP) is 2.07. The molecular formula is C17H20ClN3O3. The maximum Gasteiger partial charge on any atom is 0.234 e. The fourth-order valence-electron chi connectivity index (χ4n) is 2.81. The molecule has 0 bridgehead atoms. The Bertz CT molecular complexity index is 704. The Hall–Kier alpha value is -1.89. The van der Waals surface area contributed by atoms with Gasteiger partial charge in [-0.3, -0.25) is 9.69 Å². The number of amides is 1. The summed E-state index contributed by atoms with van der Waals surface area (Å²) < 4.78 is 5.25. The molecule has 1 amide bonds. The van der Waals surface area contributed by atoms with Gasteiger partial charge in [0.05, 0.1) is 24.2 Å². The van der Waals surface area contributed by atoms with Gasteiger partial charge in [0.1, 0.15) is 5.69 Å². The Morgan fingerprint density at radius 1 is 1.46 bits per heavy atom. The monoisotopic (exact) mass is 349 g/mol. The van der Waals surface area contributed by atoms with Gasteiger partial charge in [0, 0.05) is 18.2 Å². The molecule has 7 heteroatoms. The van der Waals surface area contributed by atoms with Crippen LogP contribution in [-0.4, -0.2) is 46.8 Å².